The minimum absolute atomic E-state index is 0. The largest absolute Gasteiger partial charge is 0 e. The first-order valence-corrected chi connectivity index (χ1v) is 59.3. The number of aliphatic hydroxyl groups is 1. The van der Waals surface area contributed by atoms with Crippen molar-refractivity contribution in [2.45, 2.75) is 184 Å². The number of hydrogen-bond donors (Lipinski definition) is 2. The number of nitrogens with two attached hydrogens (primary N) is 1. The van der Waals surface area contributed by atoms with Crippen LogP contribution in [0.15, 0.2) is 288 Å². The second-order valence-electron chi connectivity index (χ2n) is 31.1. The van der Waals surface area contributed by atoms with Gasteiger partial charge in [-0.2, -0.15) is 0 Å². The summed E-state index contributed by atoms with van der Waals surface area (Å²) >= 11 is 27.2. The summed E-state index contributed by atoms with van der Waals surface area (Å²) in [5.41, 5.74) is 12.4. The Kier molecular flexibility index (Phi) is 68.0. The Labute approximate surface area is 878 Å². The van der Waals surface area contributed by atoms with Gasteiger partial charge in [0.2, 0.25) is 11.8 Å². The first-order valence-electron chi connectivity index (χ1n) is 42.4. The summed E-state index contributed by atoms with van der Waals surface area (Å²) in [6, 6.07) is 75.2. The van der Waals surface area contributed by atoms with Crippen LogP contribution in [0, 0.1) is 31.1 Å². The Hall–Kier alpha value is -3.72. The van der Waals surface area contributed by atoms with Crippen LogP contribution in [0.5, 0.6) is 0 Å². The summed E-state index contributed by atoms with van der Waals surface area (Å²) in [6.45, 7) is 36.6. The summed E-state index contributed by atoms with van der Waals surface area (Å²) in [5.74, 6) is 0.950. The molecule has 0 aliphatic carbocycles. The zero-order valence-corrected chi connectivity index (χ0v) is 97.2. The van der Waals surface area contributed by atoms with Crippen molar-refractivity contribution in [1.82, 2.24) is 9.80 Å². The van der Waals surface area contributed by atoms with Crippen molar-refractivity contribution in [3.63, 3.8) is 0 Å². The number of carbonyl (C=O) groups is 6. The maximum atomic E-state index is 13.0. The molecule has 8 aromatic carbocycles. The standard InChI is InChI=1S/2C22H24BrNO.C16H21ClO2.C13H17ClO3.C9H9ClO.C8H10BrN.C6H14Si.C4H7BrO2.BH.4ClH.Ti.U.Zn/c2*1-3-13-22(19-7-5-4-6-8-19)14-15-24(21(25)16-22)17(2)18-9-11-20(23)12-10-18;1-3-10-16(11-12-17,13-15(18)19-4-2)14-8-6-5-7-9-14;1-2-17-12(15)10-13(16,8-9-14)11-6-4-3-5-7-11;10-7-6-9(11)8-4-2-1-3-5-8;1-6(10)7-2-4-8(9)5-3-7;1-5-6-7(2,3)4;1-2-7-4(6)3-5;;;;;;;;/h2*3-12,17H,1,13-16H2,2H3;3,5-9H,1,4,10-13H2,2H3;3-7,16H,2,8-10H2,1H3;1-5H,6-7H2;2-6H,10H2,1H3;5H,1,6H2,2-4H3;2-3H2,1H3;5*1H;;;/q;;;;;;;;;;;;;+4;;/p-4/t17-,22+;17-,22-;;;;6-;;;;;;;;;;/m00...0........../s1/i;;;;;;;;1D;;;;;;;. The quantitative estimate of drug-likeness (QED) is 0.0102. The van der Waals surface area contributed by atoms with Crippen LogP contribution < -0.4 is 5.73 Å². The van der Waals surface area contributed by atoms with E-state index in [1.54, 1.807) is 38.1 Å². The van der Waals surface area contributed by atoms with Crippen molar-refractivity contribution in [2.24, 2.45) is 5.73 Å². The van der Waals surface area contributed by atoms with Crippen LogP contribution >= 0.6 is 136 Å². The smallest absolute Gasteiger partial charge is 0 e. The van der Waals surface area contributed by atoms with Crippen LogP contribution in [0.2, 0.25) is 25.7 Å². The van der Waals surface area contributed by atoms with Gasteiger partial charge in [-0.05, 0) is 169 Å². The van der Waals surface area contributed by atoms with Crippen LogP contribution in [0.3, 0.4) is 0 Å². The van der Waals surface area contributed by atoms with Gasteiger partial charge in [-0.15, -0.1) is 61.1 Å². The predicted octanol–water partition coefficient (Wildman–Crippen LogP) is 28.4. The molecule has 0 aromatic heterocycles. The van der Waals surface area contributed by atoms with Crippen molar-refractivity contribution >= 4 is 188 Å². The molecule has 2 amide bonds. The van der Waals surface area contributed by atoms with E-state index in [0.29, 0.717) is 81.0 Å². The van der Waals surface area contributed by atoms with Gasteiger partial charge in [0.05, 0.1) is 44.7 Å². The molecule has 0 bridgehead atoms. The van der Waals surface area contributed by atoms with E-state index < -0.39 is 32.0 Å². The number of hydrogen-bond acceptors (Lipinski definition) is 11. The van der Waals surface area contributed by atoms with E-state index in [-0.39, 0.29) is 127 Å². The molecule has 13 nitrogen and oxygen atoms in total. The zero-order chi connectivity index (χ0) is 96.4. The molecule has 7 atom stereocenters. The predicted molar refractivity (Wildman–Crippen MR) is 552 cm³/mol. The number of likely N-dealkylation sites (tertiary alicyclic amines) is 2. The summed E-state index contributed by atoms with van der Waals surface area (Å²) in [4.78, 5) is 74.8. The van der Waals surface area contributed by atoms with E-state index in [4.69, 9.17) is 88.6 Å². The molecule has 129 heavy (non-hydrogen) atoms. The number of nitrogens with zero attached hydrogens (tertiary/aromatic N) is 2. The number of esters is 3. The van der Waals surface area contributed by atoms with Crippen molar-refractivity contribution in [2.75, 3.05) is 55.9 Å². The summed E-state index contributed by atoms with van der Waals surface area (Å²) in [5, 5.41) is 10.8. The first kappa shape index (κ1) is 125. The maximum absolute atomic E-state index is 13.0. The average Bonchev–Trinajstić information content (AvgIpc) is 0.777. The fraction of sp³-hybridized carbons (Fsp3) is 0.380. The molecular weight excluding hydrogens is 2360 g/mol. The summed E-state index contributed by atoms with van der Waals surface area (Å²) < 4.78 is 22.9. The second-order valence-corrected chi connectivity index (χ2v) is 56.6. The monoisotopic (exact) mass is 2480 g/mol. The number of amides is 2. The SMILES string of the molecule is C=CCC(CCCl)(CC(=O)OCC)c1ccccc1.C=CC[C@@]1(c2ccccc2)CCN([C@@H](C)c2ccc(Br)cc2)C(=O)C1.C=CC[C@]1(c2ccccc2)CCN([C@@H](C)c2ccc(Br)cc2)C(=O)C1.C=CC[Si](C)(C)C.CCOC(=O)CBr.CCOC(=O)CC(O)(CCCl)c1ccccc1.C[C@H](N)c1ccc(Br)cc1.O=C(CCCl)c1ccccc1.[2H][B].[Cl][Ti]([Cl])([Cl])[Cl].[U].[Zn]. The molecule has 2 fully saturated rings. The number of halogens is 11. The molecule has 3 N–H and O–H groups in total. The van der Waals surface area contributed by atoms with Crippen molar-refractivity contribution in [3.05, 3.63) is 333 Å². The van der Waals surface area contributed by atoms with Crippen molar-refractivity contribution in [1.29, 1.82) is 1.34 Å². The number of carbonyl (C=O) groups excluding carboxylic acids is 6. The second kappa shape index (κ2) is 70.0. The van der Waals surface area contributed by atoms with Gasteiger partial charge in [0.15, 0.2) is 5.78 Å². The molecule has 2 unspecified atom stereocenters. The van der Waals surface area contributed by atoms with Gasteiger partial charge >= 0.3 is 67.5 Å². The molecule has 10 rings (SSSR count). The minimum Gasteiger partial charge on any atom is 0 e. The van der Waals surface area contributed by atoms with Crippen LogP contribution in [-0.4, -0.2) is 124 Å². The minimum atomic E-state index is -3.11. The van der Waals surface area contributed by atoms with Gasteiger partial charge in [0, 0.05) is 158 Å². The maximum Gasteiger partial charge on any atom is 0 e. The molecular formula is C100H127BBr4Cl7N3O10SiTiUZn. The molecule has 2 radical (unpaired) electrons. The van der Waals surface area contributed by atoms with E-state index in [1.807, 2.05) is 175 Å². The molecule has 0 spiro atoms. The molecule has 2 heterocycles. The Balaban J connectivity index is 0. The van der Waals surface area contributed by atoms with Crippen LogP contribution in [-0.2, 0) is 91.9 Å². The number of ketones is 1. The van der Waals surface area contributed by atoms with Gasteiger partial charge in [-0.3, -0.25) is 28.8 Å². The summed E-state index contributed by atoms with van der Waals surface area (Å²) in [6.07, 6.45) is 14.9. The molecule has 2 aliphatic heterocycles. The van der Waals surface area contributed by atoms with E-state index in [1.165, 1.54) is 33.9 Å². The van der Waals surface area contributed by atoms with Gasteiger partial charge in [0.1, 0.15) is 10.9 Å². The molecule has 696 valence electrons. The number of alkyl halides is 4. The van der Waals surface area contributed by atoms with E-state index >= 15 is 0 Å². The molecule has 0 saturated carbocycles. The Morgan fingerprint density at radius 1 is 0.535 bits per heavy atom. The third-order valence-electron chi connectivity index (χ3n) is 20.6. The normalized spacial score (nSPS) is 15.7. The number of rotatable bonds is 32. The molecule has 8 aromatic rings. The third kappa shape index (κ3) is 50.3. The fourth-order valence-electron chi connectivity index (χ4n) is 14.1. The van der Waals surface area contributed by atoms with E-state index in [9.17, 15) is 33.9 Å². The van der Waals surface area contributed by atoms with Crippen LogP contribution in [0.25, 0.3) is 0 Å². The van der Waals surface area contributed by atoms with Crippen molar-refractivity contribution in [3.8, 4) is 0 Å². The van der Waals surface area contributed by atoms with Crippen LogP contribution in [0.4, 0.5) is 0 Å². The molecule has 29 heteroatoms. The third-order valence-corrected chi connectivity index (χ3v) is 24.7. The Bertz CT molecular complexity index is 4360. The molecule has 2 saturated heterocycles. The fourth-order valence-corrected chi connectivity index (χ4v) is 16.7. The molecule has 2 aliphatic rings. The van der Waals surface area contributed by atoms with E-state index in [2.05, 4.69) is 209 Å². The number of ether oxygens (including phenoxy) is 3. The number of Topliss-reactive ketones (excluding diaryl/α,β-unsaturated/α-hetero) is 1. The van der Waals surface area contributed by atoms with Gasteiger partial charge < -0.3 is 34.9 Å². The average molecular weight is 2490 g/mol. The van der Waals surface area contributed by atoms with Gasteiger partial charge in [0.25, 0.3) is 0 Å². The number of allylic oxidation sites excluding steroid dienone is 4. The van der Waals surface area contributed by atoms with Gasteiger partial charge in [-0.25, -0.2) is 0 Å². The Morgan fingerprint density at radius 3 is 1.17 bits per heavy atom. The van der Waals surface area contributed by atoms with Gasteiger partial charge in [-0.1, -0.05) is 296 Å². The van der Waals surface area contributed by atoms with Crippen molar-refractivity contribution < 1.29 is 111 Å². The zero-order valence-electron chi connectivity index (χ0n) is 76.8. The summed E-state index contributed by atoms with van der Waals surface area (Å²) in [7, 11) is 23.0. The van der Waals surface area contributed by atoms with Crippen LogP contribution in [0.1, 0.15) is 186 Å². The number of piperidine rings is 2. The topological polar surface area (TPSA) is 183 Å². The van der Waals surface area contributed by atoms with E-state index in [0.717, 1.165) is 69.7 Å². The number of benzene rings is 8. The Morgan fingerprint density at radius 2 is 0.876 bits per heavy atom. The first-order chi connectivity index (χ1) is 60.8.